The van der Waals surface area contributed by atoms with E-state index in [0.29, 0.717) is 18.4 Å². The van der Waals surface area contributed by atoms with Crippen LogP contribution < -0.4 is 24.3 Å². The fourth-order valence-electron chi connectivity index (χ4n) is 5.43. The minimum Gasteiger partial charge on any atom is -0.496 e. The molecular formula is C31H24F5N3O7. The van der Waals surface area contributed by atoms with Gasteiger partial charge in [-0.1, -0.05) is 12.1 Å². The van der Waals surface area contributed by atoms with Crippen LogP contribution in [0.4, 0.5) is 22.0 Å². The first-order valence-electron chi connectivity index (χ1n) is 13.9. The van der Waals surface area contributed by atoms with Crippen LogP contribution in [0, 0.1) is 0 Å². The Morgan fingerprint density at radius 2 is 1.87 bits per heavy atom. The molecule has 2 N–H and O–H groups in total. The Morgan fingerprint density at radius 3 is 2.61 bits per heavy atom. The number of carbonyl (C=O) groups is 2. The molecule has 0 saturated heterocycles. The van der Waals surface area contributed by atoms with E-state index in [4.69, 9.17) is 9.47 Å². The highest BCUT2D eigenvalue weighted by Gasteiger charge is 2.44. The second-order valence-corrected chi connectivity index (χ2v) is 10.5. The lowest BCUT2D eigenvalue weighted by molar-refractivity contribution is -0.286. The number of carboxylic acids is 1. The summed E-state index contributed by atoms with van der Waals surface area (Å²) in [5.74, 6) is -1.94. The molecule has 6 rings (SSSR count). The molecule has 0 fully saturated rings. The van der Waals surface area contributed by atoms with Gasteiger partial charge in [-0.25, -0.2) is 9.48 Å². The van der Waals surface area contributed by atoms with Crippen LogP contribution in [0.25, 0.3) is 5.69 Å². The van der Waals surface area contributed by atoms with Crippen molar-refractivity contribution >= 4 is 11.9 Å². The average Bonchev–Trinajstić information content (AvgIpc) is 3.56. The number of amides is 1. The Kier molecular flexibility index (Phi) is 7.70. The Hall–Kier alpha value is -5.34. The predicted molar refractivity (Wildman–Crippen MR) is 149 cm³/mol. The van der Waals surface area contributed by atoms with Gasteiger partial charge in [-0.3, -0.25) is 4.79 Å². The quantitative estimate of drug-likeness (QED) is 0.214. The van der Waals surface area contributed by atoms with E-state index >= 15 is 0 Å². The Balaban J connectivity index is 1.29. The van der Waals surface area contributed by atoms with Gasteiger partial charge >= 0.3 is 18.4 Å². The second-order valence-electron chi connectivity index (χ2n) is 10.5. The van der Waals surface area contributed by atoms with E-state index < -0.39 is 36.1 Å². The van der Waals surface area contributed by atoms with Gasteiger partial charge in [0, 0.05) is 23.7 Å². The van der Waals surface area contributed by atoms with E-state index in [1.165, 1.54) is 67.8 Å². The third-order valence-electron chi connectivity index (χ3n) is 7.44. The molecule has 1 aliphatic carbocycles. The van der Waals surface area contributed by atoms with Gasteiger partial charge in [0.2, 0.25) is 0 Å². The van der Waals surface area contributed by atoms with Gasteiger partial charge in [0.15, 0.2) is 17.2 Å². The van der Waals surface area contributed by atoms with Gasteiger partial charge in [0.1, 0.15) is 23.2 Å². The van der Waals surface area contributed by atoms with Crippen LogP contribution in [0.15, 0.2) is 60.7 Å². The normalized spacial score (nSPS) is 16.4. The molecule has 240 valence electrons. The molecular weight excluding hydrogens is 621 g/mol. The number of hydrogen-bond donors (Lipinski definition) is 2. The molecule has 2 heterocycles. The zero-order chi connectivity index (χ0) is 32.8. The molecule has 4 aromatic rings. The van der Waals surface area contributed by atoms with E-state index in [-0.39, 0.29) is 64.0 Å². The summed E-state index contributed by atoms with van der Waals surface area (Å²) in [6.45, 7) is -0.0687. The minimum absolute atomic E-state index is 0.0166. The molecule has 3 aromatic carbocycles. The van der Waals surface area contributed by atoms with E-state index in [1.54, 1.807) is 0 Å². The number of carbonyl (C=O) groups excluding carboxylic acids is 1. The van der Waals surface area contributed by atoms with Crippen molar-refractivity contribution in [1.82, 2.24) is 15.1 Å². The monoisotopic (exact) mass is 645 g/mol. The highest BCUT2D eigenvalue weighted by atomic mass is 19.4. The highest BCUT2D eigenvalue weighted by molar-refractivity contribution is 5.94. The van der Waals surface area contributed by atoms with Crippen molar-refractivity contribution in [3.63, 3.8) is 0 Å². The Bertz CT molecular complexity index is 1840. The molecule has 46 heavy (non-hydrogen) atoms. The maximum Gasteiger partial charge on any atom is 0.586 e. The van der Waals surface area contributed by atoms with Gasteiger partial charge in [-0.2, -0.15) is 18.3 Å². The topological polar surface area (TPSA) is 121 Å². The third-order valence-corrected chi connectivity index (χ3v) is 7.44. The van der Waals surface area contributed by atoms with Gasteiger partial charge < -0.3 is 29.4 Å². The molecule has 10 nitrogen and oxygen atoms in total. The molecule has 0 saturated carbocycles. The molecule has 1 unspecified atom stereocenters. The standard InChI is InChI=1S/C31H24F5N3O7/c1-43-24-14-19(9-10-20(24)29(41)42)44-23-7-3-6-21-26(23)39(38-27(21)30(32,33)34)18-5-2-4-17(13-18)28(40)37-15-16-8-11-22-25(12-16)46-31(35,36)45-22/h2,4-5,8-14,23H,3,6-7,15H2,1H3,(H,37,40)(H,41,42). The van der Waals surface area contributed by atoms with Gasteiger partial charge in [0.25, 0.3) is 5.91 Å². The number of alkyl halides is 5. The number of nitrogens with one attached hydrogen (secondary N) is 1. The fourth-order valence-corrected chi connectivity index (χ4v) is 5.43. The molecule has 0 radical (unpaired) electrons. The van der Waals surface area contributed by atoms with E-state index in [0.717, 1.165) is 4.68 Å². The first kappa shape index (κ1) is 30.7. The summed E-state index contributed by atoms with van der Waals surface area (Å²) >= 11 is 0. The number of hydrogen-bond acceptors (Lipinski definition) is 7. The lowest BCUT2D eigenvalue weighted by Gasteiger charge is -2.26. The van der Waals surface area contributed by atoms with Crippen LogP contribution in [0.5, 0.6) is 23.0 Å². The number of aromatic nitrogens is 2. The van der Waals surface area contributed by atoms with Crippen molar-refractivity contribution in [3.8, 4) is 28.7 Å². The molecule has 1 aliphatic heterocycles. The van der Waals surface area contributed by atoms with Crippen molar-refractivity contribution in [2.75, 3.05) is 7.11 Å². The molecule has 1 amide bonds. The minimum atomic E-state index is -4.77. The second kappa shape index (κ2) is 11.5. The van der Waals surface area contributed by atoms with Gasteiger partial charge in [0.05, 0.1) is 18.5 Å². The number of aromatic carboxylic acids is 1. The van der Waals surface area contributed by atoms with E-state index in [1.807, 2.05) is 0 Å². The summed E-state index contributed by atoms with van der Waals surface area (Å²) in [6, 6.07) is 13.9. The van der Waals surface area contributed by atoms with Gasteiger partial charge in [-0.05, 0) is 67.3 Å². The van der Waals surface area contributed by atoms with Crippen molar-refractivity contribution in [1.29, 1.82) is 0 Å². The van der Waals surface area contributed by atoms with Crippen LogP contribution in [0.3, 0.4) is 0 Å². The average molecular weight is 646 g/mol. The van der Waals surface area contributed by atoms with E-state index in [9.17, 15) is 36.6 Å². The third kappa shape index (κ3) is 5.99. The maximum atomic E-state index is 14.2. The Labute approximate surface area is 257 Å². The number of methoxy groups -OCH3 is 1. The number of fused-ring (bicyclic) bond motifs is 2. The first-order chi connectivity index (χ1) is 21.8. The molecule has 0 spiro atoms. The molecule has 15 heteroatoms. The summed E-state index contributed by atoms with van der Waals surface area (Å²) < 4.78 is 90.3. The number of nitrogens with zero attached hydrogens (tertiary/aromatic N) is 2. The zero-order valence-corrected chi connectivity index (χ0v) is 23.9. The smallest absolute Gasteiger partial charge is 0.496 e. The number of carboxylic acid groups (broad SMARTS) is 1. The molecule has 1 atom stereocenters. The maximum absolute atomic E-state index is 14.2. The fraction of sp³-hybridized carbons (Fsp3) is 0.258. The summed E-state index contributed by atoms with van der Waals surface area (Å²) in [5.41, 5.74) is -0.371. The summed E-state index contributed by atoms with van der Waals surface area (Å²) in [7, 11) is 1.29. The largest absolute Gasteiger partial charge is 0.586 e. The highest BCUT2D eigenvalue weighted by Crippen LogP contribution is 2.43. The zero-order valence-electron chi connectivity index (χ0n) is 23.9. The van der Waals surface area contributed by atoms with Crippen LogP contribution in [-0.2, 0) is 19.1 Å². The molecule has 1 aromatic heterocycles. The van der Waals surface area contributed by atoms with Crippen molar-refractivity contribution in [2.24, 2.45) is 0 Å². The summed E-state index contributed by atoms with van der Waals surface area (Å²) in [4.78, 5) is 24.6. The van der Waals surface area contributed by atoms with Crippen molar-refractivity contribution < 1.29 is 55.6 Å². The van der Waals surface area contributed by atoms with E-state index in [2.05, 4.69) is 19.9 Å². The number of halogens is 5. The van der Waals surface area contributed by atoms with Crippen LogP contribution in [-0.4, -0.2) is 40.2 Å². The van der Waals surface area contributed by atoms with Crippen molar-refractivity contribution in [2.45, 2.75) is 44.4 Å². The molecule has 0 bridgehead atoms. The number of rotatable bonds is 8. The van der Waals surface area contributed by atoms with Crippen molar-refractivity contribution in [3.05, 3.63) is 94.3 Å². The number of benzene rings is 3. The predicted octanol–water partition coefficient (Wildman–Crippen LogP) is 6.31. The lowest BCUT2D eigenvalue weighted by Crippen LogP contribution is -2.26. The summed E-state index contributed by atoms with van der Waals surface area (Å²) in [5, 5.41) is 16.0. The lowest BCUT2D eigenvalue weighted by atomic mass is 9.92. The Morgan fingerprint density at radius 1 is 1.09 bits per heavy atom. The SMILES string of the molecule is COc1cc(OC2CCCc3c(C(F)(F)F)nn(-c4cccc(C(=O)NCc5ccc6c(c5)OC(F)(F)O6)c4)c32)ccc1C(=O)O. The van der Waals surface area contributed by atoms with Crippen LogP contribution in [0.2, 0.25) is 0 Å². The number of ether oxygens (including phenoxy) is 4. The molecule has 2 aliphatic rings. The first-order valence-corrected chi connectivity index (χ1v) is 13.9. The van der Waals surface area contributed by atoms with Crippen LogP contribution >= 0.6 is 0 Å². The van der Waals surface area contributed by atoms with Crippen LogP contribution in [0.1, 0.15) is 62.2 Å². The summed E-state index contributed by atoms with van der Waals surface area (Å²) in [6.07, 6.45) is -8.66. The van der Waals surface area contributed by atoms with Gasteiger partial charge in [-0.15, -0.1) is 8.78 Å².